The molecule has 0 heterocycles. The highest BCUT2D eigenvalue weighted by Gasteiger charge is 2.49. The van der Waals surface area contributed by atoms with Crippen molar-refractivity contribution in [2.75, 3.05) is 6.61 Å². The summed E-state index contributed by atoms with van der Waals surface area (Å²) in [7, 11) is 0. The Morgan fingerprint density at radius 1 is 1.23 bits per heavy atom. The van der Waals surface area contributed by atoms with Gasteiger partial charge in [-0.2, -0.15) is 0 Å². The van der Waals surface area contributed by atoms with E-state index in [1.54, 1.807) is 0 Å². The Morgan fingerprint density at radius 2 is 1.95 bits per heavy atom. The summed E-state index contributed by atoms with van der Waals surface area (Å²) in [4.78, 5) is 0. The van der Waals surface area contributed by atoms with E-state index in [1.165, 1.54) is 36.8 Å². The van der Waals surface area contributed by atoms with Crippen LogP contribution in [-0.2, 0) is 11.8 Å². The van der Waals surface area contributed by atoms with Crippen LogP contribution in [0, 0.1) is 11.3 Å². The first-order chi connectivity index (χ1) is 10.3. The normalized spacial score (nSPS) is 31.2. The van der Waals surface area contributed by atoms with Crippen LogP contribution in [0.25, 0.3) is 0 Å². The first kappa shape index (κ1) is 15.9. The van der Waals surface area contributed by atoms with Crippen LogP contribution in [0.15, 0.2) is 12.1 Å². The molecule has 0 aliphatic heterocycles. The minimum Gasteiger partial charge on any atom is -0.508 e. The second-order valence-corrected chi connectivity index (χ2v) is 8.50. The number of aliphatic hydroxyl groups is 1. The van der Waals surface area contributed by atoms with Gasteiger partial charge in [0.2, 0.25) is 0 Å². The summed E-state index contributed by atoms with van der Waals surface area (Å²) in [6.45, 7) is 9.30. The second-order valence-electron chi connectivity index (χ2n) is 8.50. The lowest BCUT2D eigenvalue weighted by Gasteiger charge is -2.54. The molecule has 22 heavy (non-hydrogen) atoms. The van der Waals surface area contributed by atoms with Gasteiger partial charge in [-0.15, -0.1) is 0 Å². The molecule has 3 rings (SSSR count). The van der Waals surface area contributed by atoms with Gasteiger partial charge in [-0.25, -0.2) is 0 Å². The lowest BCUT2D eigenvalue weighted by Crippen LogP contribution is -2.47. The van der Waals surface area contributed by atoms with Crippen molar-refractivity contribution in [3.8, 4) is 5.75 Å². The summed E-state index contributed by atoms with van der Waals surface area (Å²) in [5.41, 5.74) is 4.23. The number of phenolic OH excluding ortho intramolecular Hbond substituents is 1. The van der Waals surface area contributed by atoms with Gasteiger partial charge in [0, 0.05) is 12.5 Å². The van der Waals surface area contributed by atoms with Crippen LogP contribution >= 0.6 is 0 Å². The zero-order valence-electron chi connectivity index (χ0n) is 14.4. The smallest absolute Gasteiger partial charge is 0.119 e. The van der Waals surface area contributed by atoms with Crippen molar-refractivity contribution in [1.29, 1.82) is 0 Å². The van der Waals surface area contributed by atoms with Crippen molar-refractivity contribution >= 4 is 0 Å². The molecule has 0 spiro atoms. The Bertz CT molecular complexity index is 575. The number of rotatable bonds is 2. The van der Waals surface area contributed by atoms with Crippen LogP contribution in [0.2, 0.25) is 0 Å². The molecule has 0 bridgehead atoms. The average molecular weight is 302 g/mol. The molecule has 1 aromatic carbocycles. The first-order valence-corrected chi connectivity index (χ1v) is 8.77. The summed E-state index contributed by atoms with van der Waals surface area (Å²) >= 11 is 0. The standard InChI is InChI=1S/C20H30O2/c1-13(12-21)15-10-14-6-7-18-19(2,3)8-5-9-20(18,4)16(14)11-17(15)22/h10-11,13,18,21-22H,5-9,12H2,1-4H3/t13-,18+,20+/m1/s1. The lowest BCUT2D eigenvalue weighted by atomic mass is 9.50. The average Bonchev–Trinajstić information content (AvgIpc) is 2.45. The molecule has 1 fully saturated rings. The van der Waals surface area contributed by atoms with Crippen molar-refractivity contribution in [1.82, 2.24) is 0 Å². The lowest BCUT2D eigenvalue weighted by molar-refractivity contribution is 0.0405. The van der Waals surface area contributed by atoms with Crippen molar-refractivity contribution in [3.05, 3.63) is 28.8 Å². The third-order valence-electron chi connectivity index (χ3n) is 6.60. The Balaban J connectivity index is 2.09. The SMILES string of the molecule is C[C@H](CO)c1cc2c(cc1O)[C@]1(C)CCCC(C)(C)[C@@H]1CC2. The van der Waals surface area contributed by atoms with Gasteiger partial charge in [0.25, 0.3) is 0 Å². The Hall–Kier alpha value is -1.02. The van der Waals surface area contributed by atoms with E-state index in [0.717, 1.165) is 12.0 Å². The van der Waals surface area contributed by atoms with Crippen LogP contribution in [0.1, 0.15) is 76.0 Å². The molecule has 2 N–H and O–H groups in total. The van der Waals surface area contributed by atoms with Crippen molar-refractivity contribution in [2.24, 2.45) is 11.3 Å². The van der Waals surface area contributed by atoms with Crippen LogP contribution in [0.3, 0.4) is 0 Å². The molecule has 122 valence electrons. The monoisotopic (exact) mass is 302 g/mol. The molecular formula is C20H30O2. The number of hydrogen-bond donors (Lipinski definition) is 2. The highest BCUT2D eigenvalue weighted by Crippen LogP contribution is 2.57. The molecule has 2 aliphatic carbocycles. The highest BCUT2D eigenvalue weighted by molar-refractivity contribution is 5.49. The van der Waals surface area contributed by atoms with E-state index in [1.807, 2.05) is 13.0 Å². The van der Waals surface area contributed by atoms with Crippen LogP contribution in [0.4, 0.5) is 0 Å². The van der Waals surface area contributed by atoms with E-state index in [-0.39, 0.29) is 17.9 Å². The summed E-state index contributed by atoms with van der Waals surface area (Å²) in [5.74, 6) is 1.06. The van der Waals surface area contributed by atoms with Crippen molar-refractivity contribution in [3.63, 3.8) is 0 Å². The van der Waals surface area contributed by atoms with E-state index < -0.39 is 0 Å². The Kier molecular flexibility index (Phi) is 3.79. The summed E-state index contributed by atoms with van der Waals surface area (Å²) in [5, 5.41) is 19.9. The molecule has 2 aliphatic rings. The molecule has 2 heteroatoms. The summed E-state index contributed by atoms with van der Waals surface area (Å²) in [6.07, 6.45) is 6.16. The largest absolute Gasteiger partial charge is 0.508 e. The van der Waals surface area contributed by atoms with E-state index >= 15 is 0 Å². The van der Waals surface area contributed by atoms with Crippen LogP contribution < -0.4 is 0 Å². The number of aryl methyl sites for hydroxylation is 1. The molecule has 3 atom stereocenters. The molecule has 2 nitrogen and oxygen atoms in total. The molecule has 0 saturated heterocycles. The predicted octanol–water partition coefficient (Wildman–Crippen LogP) is 4.52. The van der Waals surface area contributed by atoms with E-state index in [9.17, 15) is 10.2 Å². The van der Waals surface area contributed by atoms with Gasteiger partial charge >= 0.3 is 0 Å². The van der Waals surface area contributed by atoms with Gasteiger partial charge in [-0.1, -0.05) is 40.2 Å². The van der Waals surface area contributed by atoms with Crippen molar-refractivity contribution in [2.45, 2.75) is 71.1 Å². The molecule has 0 unspecified atom stereocenters. The number of fused-ring (bicyclic) bond motifs is 3. The quantitative estimate of drug-likeness (QED) is 0.843. The minimum absolute atomic E-state index is 0.00127. The van der Waals surface area contributed by atoms with Gasteiger partial charge in [0.15, 0.2) is 0 Å². The van der Waals surface area contributed by atoms with Gasteiger partial charge < -0.3 is 10.2 Å². The third kappa shape index (κ3) is 2.27. The van der Waals surface area contributed by atoms with Gasteiger partial charge in [-0.3, -0.25) is 0 Å². The van der Waals surface area contributed by atoms with Crippen molar-refractivity contribution < 1.29 is 10.2 Å². The zero-order valence-corrected chi connectivity index (χ0v) is 14.4. The molecule has 0 radical (unpaired) electrons. The Morgan fingerprint density at radius 3 is 2.64 bits per heavy atom. The molecule has 1 saturated carbocycles. The number of aromatic hydroxyl groups is 1. The predicted molar refractivity (Wildman–Crippen MR) is 90.4 cm³/mol. The molecule has 1 aromatic rings. The van der Waals surface area contributed by atoms with Gasteiger partial charge in [-0.05, 0) is 65.2 Å². The maximum Gasteiger partial charge on any atom is 0.119 e. The number of benzene rings is 1. The van der Waals surface area contributed by atoms with Crippen LogP contribution in [-0.4, -0.2) is 16.8 Å². The number of phenols is 1. The van der Waals surface area contributed by atoms with E-state index in [0.29, 0.717) is 17.1 Å². The van der Waals surface area contributed by atoms with E-state index in [4.69, 9.17) is 0 Å². The third-order valence-corrected chi connectivity index (χ3v) is 6.60. The summed E-state index contributed by atoms with van der Waals surface area (Å²) in [6, 6.07) is 4.18. The fraction of sp³-hybridized carbons (Fsp3) is 0.700. The number of hydrogen-bond acceptors (Lipinski definition) is 2. The first-order valence-electron chi connectivity index (χ1n) is 8.77. The number of aliphatic hydroxyl groups excluding tert-OH is 1. The summed E-state index contributed by atoms with van der Waals surface area (Å²) < 4.78 is 0. The second kappa shape index (κ2) is 5.26. The molecular weight excluding hydrogens is 272 g/mol. The van der Waals surface area contributed by atoms with Gasteiger partial charge in [0.1, 0.15) is 5.75 Å². The Labute approximate surface area is 134 Å². The van der Waals surface area contributed by atoms with E-state index in [2.05, 4.69) is 26.8 Å². The molecule has 0 aromatic heterocycles. The zero-order chi connectivity index (χ0) is 16.1. The van der Waals surface area contributed by atoms with Crippen LogP contribution in [0.5, 0.6) is 5.75 Å². The molecule has 0 amide bonds. The minimum atomic E-state index is -0.00127. The van der Waals surface area contributed by atoms with Gasteiger partial charge in [0.05, 0.1) is 0 Å². The maximum atomic E-state index is 10.5. The maximum absolute atomic E-state index is 10.5. The topological polar surface area (TPSA) is 40.5 Å². The fourth-order valence-electron chi connectivity index (χ4n) is 5.34. The fourth-order valence-corrected chi connectivity index (χ4v) is 5.34. The highest BCUT2D eigenvalue weighted by atomic mass is 16.3.